The Bertz CT molecular complexity index is 1790. The number of carbonyl (C=O) groups is 2. The molecule has 0 aromatic heterocycles. The Labute approximate surface area is 282 Å². The highest BCUT2D eigenvalue weighted by molar-refractivity contribution is 7.92. The van der Waals surface area contributed by atoms with Crippen molar-refractivity contribution in [3.8, 4) is 0 Å². The Morgan fingerprint density at radius 2 is 1.49 bits per heavy atom. The van der Waals surface area contributed by atoms with Crippen LogP contribution in [0.15, 0.2) is 108 Å². The number of nitrogens with zero attached hydrogens (tertiary/aromatic N) is 2. The van der Waals surface area contributed by atoms with Crippen molar-refractivity contribution in [3.05, 3.63) is 130 Å². The van der Waals surface area contributed by atoms with Gasteiger partial charge in [-0.1, -0.05) is 90.8 Å². The molecule has 47 heavy (non-hydrogen) atoms. The Hall–Kier alpha value is -4.06. The number of carbonyl (C=O) groups excluding carboxylic acids is 2. The Morgan fingerprint density at radius 1 is 0.851 bits per heavy atom. The minimum atomic E-state index is -4.91. The topological polar surface area (TPSA) is 86.8 Å². The van der Waals surface area contributed by atoms with E-state index in [1.54, 1.807) is 60.7 Å². The fourth-order valence-corrected chi connectivity index (χ4v) is 6.75. The molecule has 2 amide bonds. The van der Waals surface area contributed by atoms with E-state index in [-0.39, 0.29) is 17.9 Å². The molecular weight excluding hydrogens is 674 g/mol. The van der Waals surface area contributed by atoms with Crippen LogP contribution in [-0.2, 0) is 38.8 Å². The number of benzene rings is 4. The van der Waals surface area contributed by atoms with Crippen LogP contribution in [0.1, 0.15) is 30.0 Å². The van der Waals surface area contributed by atoms with Gasteiger partial charge in [0.05, 0.1) is 21.2 Å². The van der Waals surface area contributed by atoms with Crippen LogP contribution in [0.2, 0.25) is 10.0 Å². The number of hydrogen-bond donors (Lipinski definition) is 1. The fraction of sp³-hybridized carbons (Fsp3) is 0.235. The van der Waals surface area contributed by atoms with Gasteiger partial charge in [-0.15, -0.1) is 0 Å². The van der Waals surface area contributed by atoms with Crippen molar-refractivity contribution in [2.75, 3.05) is 17.4 Å². The van der Waals surface area contributed by atoms with Crippen molar-refractivity contribution in [1.29, 1.82) is 0 Å². The normalized spacial score (nSPS) is 12.3. The summed E-state index contributed by atoms with van der Waals surface area (Å²) in [5.74, 6) is -1.31. The van der Waals surface area contributed by atoms with E-state index in [1.165, 1.54) is 29.2 Å². The number of rotatable bonds is 13. The molecule has 4 aromatic carbocycles. The molecule has 0 heterocycles. The summed E-state index contributed by atoms with van der Waals surface area (Å²) in [5, 5.41) is 2.56. The number of nitrogens with one attached hydrogen (secondary N) is 1. The van der Waals surface area contributed by atoms with Gasteiger partial charge in [0.15, 0.2) is 0 Å². The van der Waals surface area contributed by atoms with Crippen LogP contribution < -0.4 is 9.62 Å². The van der Waals surface area contributed by atoms with E-state index in [0.717, 1.165) is 17.7 Å². The summed E-state index contributed by atoms with van der Waals surface area (Å²) < 4.78 is 70.3. The van der Waals surface area contributed by atoms with E-state index >= 15 is 0 Å². The maximum absolute atomic E-state index is 14.4. The lowest BCUT2D eigenvalue weighted by molar-refractivity contribution is -0.140. The smallest absolute Gasteiger partial charge is 0.354 e. The summed E-state index contributed by atoms with van der Waals surface area (Å²) in [4.78, 5) is 29.1. The first-order valence-electron chi connectivity index (χ1n) is 14.6. The molecule has 4 aromatic rings. The van der Waals surface area contributed by atoms with Gasteiger partial charge in [0.2, 0.25) is 11.8 Å². The number of alkyl halides is 3. The maximum Gasteiger partial charge on any atom is 0.417 e. The van der Waals surface area contributed by atoms with Crippen LogP contribution in [0.25, 0.3) is 0 Å². The van der Waals surface area contributed by atoms with Crippen LogP contribution in [0.5, 0.6) is 0 Å². The first-order chi connectivity index (χ1) is 22.3. The summed E-state index contributed by atoms with van der Waals surface area (Å²) >= 11 is 12.1. The largest absolute Gasteiger partial charge is 0.417 e. The summed E-state index contributed by atoms with van der Waals surface area (Å²) in [6, 6.07) is 24.1. The Balaban J connectivity index is 1.85. The second-order valence-electron chi connectivity index (χ2n) is 10.6. The third-order valence-electron chi connectivity index (χ3n) is 7.22. The second-order valence-corrected chi connectivity index (χ2v) is 13.3. The highest BCUT2D eigenvalue weighted by Crippen LogP contribution is 2.38. The molecule has 0 fully saturated rings. The van der Waals surface area contributed by atoms with Gasteiger partial charge in [-0.3, -0.25) is 13.9 Å². The van der Waals surface area contributed by atoms with Gasteiger partial charge in [0, 0.05) is 24.5 Å². The third-order valence-corrected chi connectivity index (χ3v) is 9.57. The summed E-state index contributed by atoms with van der Waals surface area (Å²) in [5.41, 5.74) is -0.421. The molecule has 1 N–H and O–H groups in total. The molecule has 0 unspecified atom stereocenters. The van der Waals surface area contributed by atoms with Crippen LogP contribution in [-0.4, -0.2) is 44.3 Å². The van der Waals surface area contributed by atoms with E-state index in [0.29, 0.717) is 33.9 Å². The predicted octanol–water partition coefficient (Wildman–Crippen LogP) is 7.37. The van der Waals surface area contributed by atoms with E-state index in [9.17, 15) is 31.2 Å². The van der Waals surface area contributed by atoms with Gasteiger partial charge < -0.3 is 10.2 Å². The number of hydrogen-bond acceptors (Lipinski definition) is 4. The highest BCUT2D eigenvalue weighted by atomic mass is 35.5. The Kier molecular flexibility index (Phi) is 11.9. The van der Waals surface area contributed by atoms with Crippen LogP contribution in [0, 0.1) is 0 Å². The molecule has 0 bridgehead atoms. The monoisotopic (exact) mass is 705 g/mol. The molecule has 0 radical (unpaired) electrons. The summed E-state index contributed by atoms with van der Waals surface area (Å²) in [6.07, 6.45) is -4.21. The van der Waals surface area contributed by atoms with Gasteiger partial charge in [-0.05, 0) is 60.0 Å². The molecule has 13 heteroatoms. The van der Waals surface area contributed by atoms with Gasteiger partial charge in [0.25, 0.3) is 10.0 Å². The van der Waals surface area contributed by atoms with Crippen molar-refractivity contribution in [2.24, 2.45) is 0 Å². The SMILES string of the molecule is CCCNC(=O)[C@H](Cc1ccccc1)N(Cc1cccc(Cl)c1)C(=O)CN(c1ccc(Cl)c(C(F)(F)F)c1)S(=O)(=O)c1ccccc1. The number of halogens is 5. The predicted molar refractivity (Wildman–Crippen MR) is 177 cm³/mol. The molecule has 0 saturated carbocycles. The fourth-order valence-electron chi connectivity index (χ4n) is 4.89. The summed E-state index contributed by atoms with van der Waals surface area (Å²) in [6.45, 7) is 1.12. The number of sulfonamides is 1. The quantitative estimate of drug-likeness (QED) is 0.157. The second kappa shape index (κ2) is 15.7. The molecule has 0 spiro atoms. The van der Waals surface area contributed by atoms with E-state index in [4.69, 9.17) is 23.2 Å². The molecule has 0 aliphatic rings. The van der Waals surface area contributed by atoms with Crippen LogP contribution >= 0.6 is 23.2 Å². The van der Waals surface area contributed by atoms with Crippen molar-refractivity contribution >= 4 is 50.7 Å². The van der Waals surface area contributed by atoms with E-state index < -0.39 is 56.9 Å². The molecule has 248 valence electrons. The first-order valence-corrected chi connectivity index (χ1v) is 16.8. The average Bonchev–Trinajstić information content (AvgIpc) is 3.04. The molecule has 0 aliphatic heterocycles. The Morgan fingerprint density at radius 3 is 2.11 bits per heavy atom. The molecular formula is C34H32Cl2F3N3O4S. The van der Waals surface area contributed by atoms with Gasteiger partial charge in [-0.2, -0.15) is 13.2 Å². The molecule has 0 saturated heterocycles. The average molecular weight is 707 g/mol. The van der Waals surface area contributed by atoms with Gasteiger partial charge in [-0.25, -0.2) is 8.42 Å². The summed E-state index contributed by atoms with van der Waals surface area (Å²) in [7, 11) is -4.60. The van der Waals surface area contributed by atoms with Crippen molar-refractivity contribution in [2.45, 2.75) is 43.4 Å². The zero-order valence-electron chi connectivity index (χ0n) is 25.3. The zero-order valence-corrected chi connectivity index (χ0v) is 27.6. The van der Waals surface area contributed by atoms with Crippen molar-refractivity contribution in [1.82, 2.24) is 10.2 Å². The lowest BCUT2D eigenvalue weighted by Crippen LogP contribution is -2.53. The van der Waals surface area contributed by atoms with Gasteiger partial charge in [0.1, 0.15) is 12.6 Å². The number of anilines is 1. The molecule has 1 atom stereocenters. The third kappa shape index (κ3) is 9.27. The lowest BCUT2D eigenvalue weighted by atomic mass is 10.0. The van der Waals surface area contributed by atoms with Crippen molar-refractivity contribution in [3.63, 3.8) is 0 Å². The van der Waals surface area contributed by atoms with Crippen LogP contribution in [0.4, 0.5) is 18.9 Å². The minimum absolute atomic E-state index is 0.0767. The van der Waals surface area contributed by atoms with Crippen molar-refractivity contribution < 1.29 is 31.2 Å². The highest BCUT2D eigenvalue weighted by Gasteiger charge is 2.37. The van der Waals surface area contributed by atoms with E-state index in [1.807, 2.05) is 6.92 Å². The molecule has 7 nitrogen and oxygen atoms in total. The minimum Gasteiger partial charge on any atom is -0.354 e. The first kappa shape index (κ1) is 35.8. The zero-order chi connectivity index (χ0) is 34.2. The lowest BCUT2D eigenvalue weighted by Gasteiger charge is -2.34. The van der Waals surface area contributed by atoms with Gasteiger partial charge >= 0.3 is 6.18 Å². The standard InChI is InChI=1S/C34H32Cl2F3N3O4S/c1-2-18-40-33(44)31(20-24-10-5-3-6-11-24)41(22-25-12-9-13-26(35)19-25)32(43)23-42(47(45,46)28-14-7-4-8-15-28)27-16-17-30(36)29(21-27)34(37,38)39/h3-17,19,21,31H,2,18,20,22-23H2,1H3,(H,40,44)/t31-/m0/s1. The van der Waals surface area contributed by atoms with E-state index in [2.05, 4.69) is 5.32 Å². The number of amides is 2. The molecule has 4 rings (SSSR count). The molecule has 0 aliphatic carbocycles. The maximum atomic E-state index is 14.4. The van der Waals surface area contributed by atoms with Crippen LogP contribution in [0.3, 0.4) is 0 Å².